The van der Waals surface area contributed by atoms with E-state index in [1.54, 1.807) is 29.2 Å². The van der Waals surface area contributed by atoms with E-state index in [2.05, 4.69) is 15.1 Å². The molecule has 0 bridgehead atoms. The van der Waals surface area contributed by atoms with Crippen LogP contribution >= 0.6 is 0 Å². The number of imidazole rings is 1. The van der Waals surface area contributed by atoms with E-state index < -0.39 is 0 Å². The molecule has 7 nitrogen and oxygen atoms in total. The predicted molar refractivity (Wildman–Crippen MR) is 102 cm³/mol. The third-order valence-corrected chi connectivity index (χ3v) is 4.79. The lowest BCUT2D eigenvalue weighted by atomic mass is 10.1. The Morgan fingerprint density at radius 2 is 1.96 bits per heavy atom. The van der Waals surface area contributed by atoms with Crippen LogP contribution in [0.3, 0.4) is 0 Å². The molecule has 3 heterocycles. The van der Waals surface area contributed by atoms with E-state index in [4.69, 9.17) is 0 Å². The molecule has 136 valence electrons. The molecule has 1 amide bonds. The fraction of sp³-hybridized carbons (Fsp3) is 0.200. The third kappa shape index (κ3) is 3.19. The molecular weight excluding hydrogens is 340 g/mol. The fourth-order valence-electron chi connectivity index (χ4n) is 3.01. The van der Waals surface area contributed by atoms with Crippen LogP contribution in [0.1, 0.15) is 34.6 Å². The summed E-state index contributed by atoms with van der Waals surface area (Å²) in [5.41, 5.74) is 4.29. The molecule has 1 aromatic carbocycles. The molecule has 0 aliphatic carbocycles. The van der Waals surface area contributed by atoms with Gasteiger partial charge in [0.25, 0.3) is 5.91 Å². The summed E-state index contributed by atoms with van der Waals surface area (Å²) in [5.74, 6) is -0.107. The topological polar surface area (TPSA) is 68.3 Å². The summed E-state index contributed by atoms with van der Waals surface area (Å²) in [5, 5.41) is 4.12. The van der Waals surface area contributed by atoms with Crippen LogP contribution in [0.4, 0.5) is 0 Å². The summed E-state index contributed by atoms with van der Waals surface area (Å²) in [6.07, 6.45) is 6.84. The van der Waals surface area contributed by atoms with Gasteiger partial charge in [0.05, 0.1) is 11.7 Å². The number of carbonyl (C=O) groups excluding carboxylic acids is 1. The van der Waals surface area contributed by atoms with E-state index >= 15 is 0 Å². The first-order chi connectivity index (χ1) is 13.0. The third-order valence-electron chi connectivity index (χ3n) is 4.79. The van der Waals surface area contributed by atoms with Crippen molar-refractivity contribution < 1.29 is 4.79 Å². The Balaban J connectivity index is 1.55. The van der Waals surface area contributed by atoms with Gasteiger partial charge in [0.1, 0.15) is 24.0 Å². The minimum atomic E-state index is -0.107. The van der Waals surface area contributed by atoms with Gasteiger partial charge in [0.15, 0.2) is 0 Å². The van der Waals surface area contributed by atoms with Crippen LogP contribution in [-0.4, -0.2) is 42.0 Å². The molecule has 0 fully saturated rings. The second kappa shape index (κ2) is 6.68. The first kappa shape index (κ1) is 17.0. The number of amides is 1. The highest BCUT2D eigenvalue weighted by Crippen LogP contribution is 2.22. The minimum absolute atomic E-state index is 0.0890. The number of hydrogen-bond acceptors (Lipinski definition) is 4. The fourth-order valence-corrected chi connectivity index (χ4v) is 3.01. The van der Waals surface area contributed by atoms with Gasteiger partial charge in [-0.2, -0.15) is 5.10 Å². The van der Waals surface area contributed by atoms with Gasteiger partial charge < -0.3 is 9.30 Å². The van der Waals surface area contributed by atoms with Crippen LogP contribution < -0.4 is 0 Å². The molecule has 0 saturated carbocycles. The number of rotatable bonds is 4. The quantitative estimate of drug-likeness (QED) is 0.561. The maximum atomic E-state index is 12.9. The van der Waals surface area contributed by atoms with Gasteiger partial charge in [-0.05, 0) is 49.2 Å². The van der Waals surface area contributed by atoms with Crippen molar-refractivity contribution in [2.75, 3.05) is 7.05 Å². The lowest BCUT2D eigenvalue weighted by Gasteiger charge is -2.24. The molecule has 4 aromatic rings. The number of pyridine rings is 1. The van der Waals surface area contributed by atoms with Crippen LogP contribution in [-0.2, 0) is 0 Å². The highest BCUT2D eigenvalue weighted by Gasteiger charge is 2.21. The molecule has 0 spiro atoms. The van der Waals surface area contributed by atoms with Crippen molar-refractivity contribution in [3.05, 3.63) is 78.3 Å². The number of benzene rings is 1. The maximum absolute atomic E-state index is 12.9. The largest absolute Gasteiger partial charge is 0.334 e. The number of aromatic nitrogens is 5. The van der Waals surface area contributed by atoms with Gasteiger partial charge >= 0.3 is 0 Å². The Bertz CT molecular complexity index is 1080. The smallest absolute Gasteiger partial charge is 0.274 e. The number of hydrogen-bond donors (Lipinski definition) is 0. The summed E-state index contributed by atoms with van der Waals surface area (Å²) in [4.78, 5) is 23.0. The van der Waals surface area contributed by atoms with Crippen LogP contribution in [0.15, 0.2) is 61.4 Å². The first-order valence-corrected chi connectivity index (χ1v) is 8.70. The van der Waals surface area contributed by atoms with E-state index in [0.717, 1.165) is 22.5 Å². The van der Waals surface area contributed by atoms with Gasteiger partial charge in [0.2, 0.25) is 0 Å². The standard InChI is InChI=1S/C20H20N6O/c1-14-8-9-25-11-18(23-19(25)10-14)20(27)24(3)15(2)16-4-6-17(7-5-16)26-13-21-12-22-26/h4-13,15H,1-3H3. The van der Waals surface area contributed by atoms with Crippen LogP contribution in [0, 0.1) is 6.92 Å². The van der Waals surface area contributed by atoms with Crippen molar-refractivity contribution in [3.63, 3.8) is 0 Å². The molecule has 0 aliphatic heterocycles. The number of fused-ring (bicyclic) bond motifs is 1. The molecule has 27 heavy (non-hydrogen) atoms. The van der Waals surface area contributed by atoms with Crippen molar-refractivity contribution in [3.8, 4) is 5.69 Å². The van der Waals surface area contributed by atoms with Crippen molar-refractivity contribution in [2.24, 2.45) is 0 Å². The van der Waals surface area contributed by atoms with Crippen molar-refractivity contribution >= 4 is 11.6 Å². The van der Waals surface area contributed by atoms with E-state index in [0.29, 0.717) is 5.69 Å². The Morgan fingerprint density at radius 1 is 1.19 bits per heavy atom. The normalized spacial score (nSPS) is 12.3. The summed E-state index contributed by atoms with van der Waals surface area (Å²) in [7, 11) is 1.80. The Morgan fingerprint density at radius 3 is 2.67 bits per heavy atom. The SMILES string of the molecule is Cc1ccn2cc(C(=O)N(C)C(C)c3ccc(-n4cncn4)cc3)nc2c1. The summed E-state index contributed by atoms with van der Waals surface area (Å²) < 4.78 is 3.56. The van der Waals surface area contributed by atoms with E-state index in [-0.39, 0.29) is 11.9 Å². The second-order valence-corrected chi connectivity index (χ2v) is 6.62. The zero-order valence-electron chi connectivity index (χ0n) is 15.4. The Hall–Kier alpha value is -3.48. The van der Waals surface area contributed by atoms with Crippen LogP contribution in [0.5, 0.6) is 0 Å². The molecule has 0 radical (unpaired) electrons. The average Bonchev–Trinajstić information content (AvgIpc) is 3.36. The molecule has 1 unspecified atom stereocenters. The van der Waals surface area contributed by atoms with Gasteiger partial charge in [-0.3, -0.25) is 4.79 Å². The highest BCUT2D eigenvalue weighted by atomic mass is 16.2. The molecule has 0 aliphatic rings. The number of carbonyl (C=O) groups is 1. The van der Waals surface area contributed by atoms with Gasteiger partial charge in [-0.1, -0.05) is 12.1 Å². The molecule has 1 atom stereocenters. The first-order valence-electron chi connectivity index (χ1n) is 8.70. The Kier molecular flexibility index (Phi) is 4.19. The van der Waals surface area contributed by atoms with Gasteiger partial charge in [-0.15, -0.1) is 0 Å². The Labute approximate surface area is 156 Å². The molecular formula is C20H20N6O. The van der Waals surface area contributed by atoms with Crippen LogP contribution in [0.2, 0.25) is 0 Å². The number of nitrogens with zero attached hydrogens (tertiary/aromatic N) is 6. The van der Waals surface area contributed by atoms with Crippen molar-refractivity contribution in [1.82, 2.24) is 29.0 Å². The van der Waals surface area contributed by atoms with Gasteiger partial charge in [0, 0.05) is 19.4 Å². The van der Waals surface area contributed by atoms with Crippen molar-refractivity contribution in [2.45, 2.75) is 19.9 Å². The lowest BCUT2D eigenvalue weighted by molar-refractivity contribution is 0.0737. The van der Waals surface area contributed by atoms with E-state index in [1.807, 2.05) is 60.8 Å². The van der Waals surface area contributed by atoms with E-state index in [1.165, 1.54) is 6.33 Å². The molecule has 7 heteroatoms. The van der Waals surface area contributed by atoms with Crippen molar-refractivity contribution in [1.29, 1.82) is 0 Å². The van der Waals surface area contributed by atoms with Gasteiger partial charge in [-0.25, -0.2) is 14.6 Å². The maximum Gasteiger partial charge on any atom is 0.274 e. The summed E-state index contributed by atoms with van der Waals surface area (Å²) in [6.45, 7) is 4.01. The molecule has 0 saturated heterocycles. The number of aryl methyl sites for hydroxylation is 1. The highest BCUT2D eigenvalue weighted by molar-refractivity contribution is 5.93. The second-order valence-electron chi connectivity index (χ2n) is 6.62. The minimum Gasteiger partial charge on any atom is -0.334 e. The molecule has 0 N–H and O–H groups in total. The molecule has 3 aromatic heterocycles. The van der Waals surface area contributed by atoms with Crippen LogP contribution in [0.25, 0.3) is 11.3 Å². The summed E-state index contributed by atoms with van der Waals surface area (Å²) >= 11 is 0. The van der Waals surface area contributed by atoms with E-state index in [9.17, 15) is 4.79 Å². The average molecular weight is 360 g/mol. The zero-order chi connectivity index (χ0) is 19.0. The summed E-state index contributed by atoms with van der Waals surface area (Å²) in [6, 6.07) is 11.8. The predicted octanol–water partition coefficient (Wildman–Crippen LogP) is 3.06. The lowest BCUT2D eigenvalue weighted by Crippen LogP contribution is -2.29. The monoisotopic (exact) mass is 360 g/mol. The zero-order valence-corrected chi connectivity index (χ0v) is 15.4. The molecule has 4 rings (SSSR count).